The van der Waals surface area contributed by atoms with Crippen molar-refractivity contribution < 1.29 is 38.8 Å². The number of fused-ring (bicyclic) bond motifs is 6. The van der Waals surface area contributed by atoms with Gasteiger partial charge in [0.1, 0.15) is 36.1 Å². The number of aliphatic hydroxyl groups is 2. The van der Waals surface area contributed by atoms with Gasteiger partial charge >= 0.3 is 5.97 Å². The van der Waals surface area contributed by atoms with E-state index >= 15 is 0 Å². The summed E-state index contributed by atoms with van der Waals surface area (Å²) in [5, 5.41) is 41.5. The summed E-state index contributed by atoms with van der Waals surface area (Å²) in [4.78, 5) is 28.3. The minimum Gasteiger partial charge on any atom is -0.871 e. The Kier molecular flexibility index (Phi) is 10.5. The summed E-state index contributed by atoms with van der Waals surface area (Å²) in [5.74, 6) is -0.00500. The van der Waals surface area contributed by atoms with E-state index in [9.17, 15) is 24.9 Å². The number of likely N-dealkylation sites (N-methyl/N-ethyl adjacent to an activating group) is 1. The molecular formula is C40H45N3O8S2. The molecule has 3 saturated heterocycles. The first-order valence-electron chi connectivity index (χ1n) is 17.8. The van der Waals surface area contributed by atoms with Crippen LogP contribution in [0, 0.1) is 0 Å². The van der Waals surface area contributed by atoms with Crippen LogP contribution in [0.25, 0.3) is 10.9 Å². The third-order valence-electron chi connectivity index (χ3n) is 11.0. The molecule has 6 heterocycles. The zero-order valence-electron chi connectivity index (χ0n) is 30.1. The third-order valence-corrected chi connectivity index (χ3v) is 12.9. The first kappa shape index (κ1) is 37.2. The van der Waals surface area contributed by atoms with Gasteiger partial charge in [0, 0.05) is 42.4 Å². The summed E-state index contributed by atoms with van der Waals surface area (Å²) in [7, 11) is 6.13. The summed E-state index contributed by atoms with van der Waals surface area (Å²) >= 11 is 2.74. The number of pyridine rings is 1. The number of epoxide rings is 1. The number of esters is 1. The maximum absolute atomic E-state index is 13.1. The van der Waals surface area contributed by atoms with Crippen LogP contribution in [0.4, 0.5) is 0 Å². The zero-order valence-corrected chi connectivity index (χ0v) is 31.7. The van der Waals surface area contributed by atoms with Gasteiger partial charge in [0.25, 0.3) is 0 Å². The van der Waals surface area contributed by atoms with Gasteiger partial charge in [-0.3, -0.25) is 4.79 Å². The number of piperidine rings is 1. The number of methoxy groups -OCH3 is 1. The lowest BCUT2D eigenvalue weighted by Gasteiger charge is -2.45. The summed E-state index contributed by atoms with van der Waals surface area (Å²) in [6.45, 7) is 2.39. The predicted molar refractivity (Wildman–Crippen MR) is 202 cm³/mol. The summed E-state index contributed by atoms with van der Waals surface area (Å²) in [5.41, 5.74) is -0.0420. The number of carbonyl (C=O) groups is 1. The molecule has 53 heavy (non-hydrogen) atoms. The fourth-order valence-corrected chi connectivity index (χ4v) is 9.69. The molecule has 0 amide bonds. The van der Waals surface area contributed by atoms with Crippen LogP contribution >= 0.6 is 22.7 Å². The van der Waals surface area contributed by atoms with Crippen LogP contribution in [-0.2, 0) is 26.3 Å². The van der Waals surface area contributed by atoms with Gasteiger partial charge in [-0.25, -0.2) is 4.79 Å². The average Bonchev–Trinajstić information content (AvgIpc) is 3.44. The standard InChI is InChI=1S/C21H24N2O4.C19H22NO4S2/c1-13(11-14-3-5-15(27-2)6-4-14)22-12-19(25)16-7-9-18(24)21-17(16)8-10-20(26)23-21;1-20(2)12-9-11(10-13(20)17-16(12)24-17)23-18(21)19(22,14-5-3-7-25-14)15-6-4-8-26-15/h3-10,13,19,22,24-25H,11-12H2,1-2H3,(H,23,26);3-8,11-13,16-17,22H,9-10H2,1-2H3/q;+1/p-1/t13-,19+;11?,12-,13+,16-,17+/m1./s1. The van der Waals surface area contributed by atoms with Crippen molar-refractivity contribution in [1.29, 1.82) is 0 Å². The van der Waals surface area contributed by atoms with Crippen molar-refractivity contribution in [2.75, 3.05) is 27.7 Å². The molecule has 11 nitrogen and oxygen atoms in total. The molecule has 4 N–H and O–H groups in total. The number of ether oxygens (including phenoxy) is 3. The number of aliphatic hydroxyl groups excluding tert-OH is 1. The number of aromatic amines is 1. The maximum atomic E-state index is 13.1. The number of hydrogen-bond donors (Lipinski definition) is 4. The molecule has 5 aromatic rings. The Labute approximate surface area is 316 Å². The molecule has 3 aliphatic heterocycles. The quantitative estimate of drug-likeness (QED) is 0.0881. The van der Waals surface area contributed by atoms with Crippen LogP contribution in [0.1, 0.15) is 46.8 Å². The Morgan fingerprint density at radius 2 is 1.66 bits per heavy atom. The number of benzene rings is 2. The molecule has 1 unspecified atom stereocenters. The van der Waals surface area contributed by atoms with E-state index in [1.807, 2.05) is 54.1 Å². The Morgan fingerprint density at radius 3 is 2.25 bits per heavy atom. The Morgan fingerprint density at radius 1 is 1.02 bits per heavy atom. The maximum Gasteiger partial charge on any atom is 0.349 e. The number of nitrogens with zero attached hydrogens (tertiary/aromatic N) is 1. The van der Waals surface area contributed by atoms with E-state index in [-0.39, 0.29) is 29.0 Å². The number of H-pyrrole nitrogens is 1. The zero-order chi connectivity index (χ0) is 37.5. The van der Waals surface area contributed by atoms with Crippen LogP contribution in [0.5, 0.6) is 11.5 Å². The Balaban J connectivity index is 0.000000164. The van der Waals surface area contributed by atoms with Crippen molar-refractivity contribution in [1.82, 2.24) is 10.3 Å². The second-order valence-corrected chi connectivity index (χ2v) is 16.5. The first-order chi connectivity index (χ1) is 25.4. The topological polar surface area (TPSA) is 156 Å². The minimum absolute atomic E-state index is 0.151. The molecule has 2 aromatic carbocycles. The number of quaternary nitrogens is 1. The summed E-state index contributed by atoms with van der Waals surface area (Å²) in [6.07, 6.45) is 2.07. The van der Waals surface area contributed by atoms with E-state index < -0.39 is 17.7 Å². The van der Waals surface area contributed by atoms with Crippen LogP contribution in [0.15, 0.2) is 88.4 Å². The van der Waals surface area contributed by atoms with Gasteiger partial charge in [-0.15, -0.1) is 22.7 Å². The van der Waals surface area contributed by atoms with Gasteiger partial charge < -0.3 is 44.3 Å². The summed E-state index contributed by atoms with van der Waals surface area (Å²) < 4.78 is 17.8. The van der Waals surface area contributed by atoms with E-state index in [1.165, 1.54) is 40.4 Å². The molecule has 0 radical (unpaired) electrons. The molecule has 0 spiro atoms. The van der Waals surface area contributed by atoms with Gasteiger partial charge in [0.05, 0.1) is 37.1 Å². The predicted octanol–water partition coefficient (Wildman–Crippen LogP) is 4.21. The fourth-order valence-electron chi connectivity index (χ4n) is 7.98. The molecule has 2 bridgehead atoms. The van der Waals surface area contributed by atoms with E-state index in [1.54, 1.807) is 31.4 Å². The highest BCUT2D eigenvalue weighted by molar-refractivity contribution is 7.12. The number of hydrogen-bond acceptors (Lipinski definition) is 11. The molecule has 7 atom stereocenters. The number of carbonyl (C=O) groups excluding carboxylic acids is 1. The third kappa shape index (κ3) is 7.39. The molecule has 3 aromatic heterocycles. The van der Waals surface area contributed by atoms with Gasteiger partial charge in [-0.05, 0) is 65.6 Å². The lowest BCUT2D eigenvalue weighted by atomic mass is 9.95. The molecule has 13 heteroatoms. The molecule has 8 rings (SSSR count). The molecule has 0 aliphatic carbocycles. The molecule has 3 aliphatic rings. The molecule has 0 saturated carbocycles. The lowest BCUT2D eigenvalue weighted by Crippen LogP contribution is -2.60. The normalized spacial score (nSPS) is 23.7. The number of aromatic nitrogens is 1. The van der Waals surface area contributed by atoms with Gasteiger partial charge in [0.2, 0.25) is 11.2 Å². The van der Waals surface area contributed by atoms with Gasteiger partial charge in [-0.2, -0.15) is 0 Å². The van der Waals surface area contributed by atoms with Gasteiger partial charge in [0.15, 0.2) is 0 Å². The monoisotopic (exact) mass is 759 g/mol. The van der Waals surface area contributed by atoms with E-state index in [4.69, 9.17) is 14.2 Å². The van der Waals surface area contributed by atoms with Crippen LogP contribution in [0.3, 0.4) is 0 Å². The summed E-state index contributed by atoms with van der Waals surface area (Å²) in [6, 6.07) is 22.0. The van der Waals surface area contributed by atoms with Crippen molar-refractivity contribution in [2.45, 2.75) is 74.3 Å². The Bertz CT molecular complexity index is 2030. The van der Waals surface area contributed by atoms with Crippen molar-refractivity contribution in [3.63, 3.8) is 0 Å². The largest absolute Gasteiger partial charge is 0.871 e. The van der Waals surface area contributed by atoms with Crippen molar-refractivity contribution in [3.8, 4) is 11.5 Å². The minimum atomic E-state index is -1.72. The van der Waals surface area contributed by atoms with Crippen molar-refractivity contribution >= 4 is 39.5 Å². The number of rotatable bonds is 11. The second kappa shape index (κ2) is 15.0. The highest BCUT2D eigenvalue weighted by Gasteiger charge is 2.71. The fraction of sp³-hybridized carbons (Fsp3) is 0.400. The van der Waals surface area contributed by atoms with Crippen LogP contribution < -0.4 is 20.7 Å². The Hall–Kier alpha value is -4.08. The van der Waals surface area contributed by atoms with Crippen LogP contribution in [-0.4, -0.2) is 89.8 Å². The highest BCUT2D eigenvalue weighted by atomic mass is 32.1. The number of nitrogens with one attached hydrogen (secondary N) is 2. The number of morpholine rings is 1. The van der Waals surface area contributed by atoms with Gasteiger partial charge in [-0.1, -0.05) is 42.1 Å². The highest BCUT2D eigenvalue weighted by Crippen LogP contribution is 2.52. The van der Waals surface area contributed by atoms with Crippen molar-refractivity contribution in [2.24, 2.45) is 0 Å². The molecule has 3 fully saturated rings. The van der Waals surface area contributed by atoms with E-state index in [0.29, 0.717) is 51.5 Å². The lowest BCUT2D eigenvalue weighted by molar-refractivity contribution is -0.938. The SMILES string of the molecule is COc1ccc(C[C@@H](C)NC[C@H](O)c2ccc([O-])c3[nH]c(=O)ccc23)cc1.C[N+]1(C)[C@@H]2CC(OC(=O)C(O)(c3cccs3)c3cccs3)C[C@H]1[C@@H]1O[C@@H]12. The number of thiophene rings is 2. The van der Waals surface area contributed by atoms with Crippen molar-refractivity contribution in [3.05, 3.63) is 115 Å². The van der Waals surface area contributed by atoms with E-state index in [0.717, 1.165) is 29.5 Å². The molecular weight excluding hydrogens is 715 g/mol. The average molecular weight is 760 g/mol. The van der Waals surface area contributed by atoms with E-state index in [2.05, 4.69) is 24.4 Å². The second-order valence-electron chi connectivity index (χ2n) is 14.6. The molecule has 280 valence electrons. The smallest absolute Gasteiger partial charge is 0.349 e. The first-order valence-corrected chi connectivity index (χ1v) is 19.5. The van der Waals surface area contributed by atoms with Crippen LogP contribution in [0.2, 0.25) is 0 Å².